The van der Waals surface area contributed by atoms with Crippen LogP contribution in [0.2, 0.25) is 0 Å². The third-order valence-electron chi connectivity index (χ3n) is 4.04. The highest BCUT2D eigenvalue weighted by molar-refractivity contribution is 5.21. The van der Waals surface area contributed by atoms with Gasteiger partial charge in [0.25, 0.3) is 0 Å². The van der Waals surface area contributed by atoms with Gasteiger partial charge in [0.2, 0.25) is 0 Å². The molecule has 0 heterocycles. The summed E-state index contributed by atoms with van der Waals surface area (Å²) in [5.74, 6) is -0.0485. The van der Waals surface area contributed by atoms with Gasteiger partial charge in [0, 0.05) is 17.6 Å². The van der Waals surface area contributed by atoms with Gasteiger partial charge in [-0.25, -0.2) is 8.78 Å². The van der Waals surface area contributed by atoms with Crippen molar-refractivity contribution in [3.63, 3.8) is 0 Å². The molecule has 2 unspecified atom stereocenters. The Morgan fingerprint density at radius 2 is 1.83 bits per heavy atom. The molecule has 1 N–H and O–H groups in total. The van der Waals surface area contributed by atoms with Crippen LogP contribution in [0.1, 0.15) is 51.1 Å². The number of nitrogens with one attached hydrogen (secondary N) is 1. The van der Waals surface area contributed by atoms with Crippen molar-refractivity contribution in [2.24, 2.45) is 5.92 Å². The summed E-state index contributed by atoms with van der Waals surface area (Å²) in [6, 6.07) is 3.84. The predicted molar refractivity (Wildman–Crippen MR) is 69.3 cm³/mol. The average molecular weight is 253 g/mol. The zero-order valence-electron chi connectivity index (χ0n) is 11.0. The van der Waals surface area contributed by atoms with Gasteiger partial charge in [-0.15, -0.1) is 0 Å². The van der Waals surface area contributed by atoms with E-state index in [4.69, 9.17) is 0 Å². The first-order chi connectivity index (χ1) is 8.58. The van der Waals surface area contributed by atoms with Crippen LogP contribution < -0.4 is 5.32 Å². The Balaban J connectivity index is 2.02. The predicted octanol–water partition coefficient (Wildman–Crippen LogP) is 4.19. The molecule has 1 fully saturated rings. The molecule has 1 saturated carbocycles. The molecule has 0 amide bonds. The summed E-state index contributed by atoms with van der Waals surface area (Å²) in [5.41, 5.74) is 0.417. The number of benzene rings is 1. The molecule has 0 bridgehead atoms. The van der Waals surface area contributed by atoms with Gasteiger partial charge in [-0.1, -0.05) is 12.8 Å². The highest BCUT2D eigenvalue weighted by Crippen LogP contribution is 2.29. The van der Waals surface area contributed by atoms with Crippen molar-refractivity contribution in [3.8, 4) is 0 Å². The van der Waals surface area contributed by atoms with E-state index < -0.39 is 0 Å². The van der Waals surface area contributed by atoms with Crippen LogP contribution in [0.4, 0.5) is 8.78 Å². The Kier molecular flexibility index (Phi) is 4.33. The van der Waals surface area contributed by atoms with Crippen molar-refractivity contribution in [3.05, 3.63) is 35.4 Å². The van der Waals surface area contributed by atoms with Gasteiger partial charge in [-0.2, -0.15) is 0 Å². The maximum Gasteiger partial charge on any atom is 0.128 e. The lowest BCUT2D eigenvalue weighted by molar-refractivity contribution is 0.348. The molecule has 0 spiro atoms. The maximum absolute atomic E-state index is 13.6. The first-order valence-corrected chi connectivity index (χ1v) is 6.79. The lowest BCUT2D eigenvalue weighted by Crippen LogP contribution is -2.34. The van der Waals surface area contributed by atoms with E-state index in [-0.39, 0.29) is 17.7 Å². The molecule has 18 heavy (non-hydrogen) atoms. The minimum absolute atomic E-state index is 0.156. The van der Waals surface area contributed by atoms with Crippen LogP contribution >= 0.6 is 0 Å². The van der Waals surface area contributed by atoms with E-state index in [1.165, 1.54) is 37.8 Å². The lowest BCUT2D eigenvalue weighted by Gasteiger charge is -2.25. The fourth-order valence-corrected chi connectivity index (χ4v) is 2.92. The second-order valence-electron chi connectivity index (χ2n) is 5.39. The summed E-state index contributed by atoms with van der Waals surface area (Å²) in [4.78, 5) is 0. The number of hydrogen-bond acceptors (Lipinski definition) is 1. The molecular weight excluding hydrogens is 232 g/mol. The fraction of sp³-hybridized carbons (Fsp3) is 0.600. The molecular formula is C15H21F2N. The molecule has 0 aliphatic heterocycles. The average Bonchev–Trinajstić information content (AvgIpc) is 2.85. The summed E-state index contributed by atoms with van der Waals surface area (Å²) >= 11 is 0. The number of hydrogen-bond donors (Lipinski definition) is 1. The summed E-state index contributed by atoms with van der Waals surface area (Å²) in [7, 11) is 0. The summed E-state index contributed by atoms with van der Waals surface area (Å²) in [6.07, 6.45) is 5.07. The van der Waals surface area contributed by atoms with Crippen LogP contribution in [0.25, 0.3) is 0 Å². The molecule has 1 aliphatic rings. The van der Waals surface area contributed by atoms with Crippen molar-refractivity contribution in [2.45, 2.75) is 51.6 Å². The summed E-state index contributed by atoms with van der Waals surface area (Å²) < 4.78 is 26.8. The van der Waals surface area contributed by atoms with E-state index in [2.05, 4.69) is 12.2 Å². The van der Waals surface area contributed by atoms with Crippen molar-refractivity contribution < 1.29 is 8.78 Å². The molecule has 3 heteroatoms. The van der Waals surface area contributed by atoms with E-state index >= 15 is 0 Å². The van der Waals surface area contributed by atoms with Crippen molar-refractivity contribution in [1.29, 1.82) is 0 Å². The quantitative estimate of drug-likeness (QED) is 0.848. The minimum atomic E-state index is -0.381. The van der Waals surface area contributed by atoms with Crippen molar-refractivity contribution in [2.75, 3.05) is 0 Å². The van der Waals surface area contributed by atoms with E-state index in [0.717, 1.165) is 6.07 Å². The molecule has 0 aromatic heterocycles. The Morgan fingerprint density at radius 1 is 1.17 bits per heavy atom. The van der Waals surface area contributed by atoms with Crippen LogP contribution in [-0.2, 0) is 0 Å². The minimum Gasteiger partial charge on any atom is -0.307 e. The van der Waals surface area contributed by atoms with Crippen LogP contribution in [0.5, 0.6) is 0 Å². The SMILES string of the molecule is CC(NC(C)C1CCCC1)c1cc(F)ccc1F. The molecule has 2 atom stereocenters. The van der Waals surface area contributed by atoms with Crippen LogP contribution in [0, 0.1) is 17.6 Å². The van der Waals surface area contributed by atoms with E-state index in [1.807, 2.05) is 6.92 Å². The molecule has 1 aromatic carbocycles. The highest BCUT2D eigenvalue weighted by Gasteiger charge is 2.23. The van der Waals surface area contributed by atoms with E-state index in [1.54, 1.807) is 0 Å². The Bertz CT molecular complexity index is 399. The fourth-order valence-electron chi connectivity index (χ4n) is 2.92. The molecule has 100 valence electrons. The third kappa shape index (κ3) is 3.08. The molecule has 1 nitrogen and oxygen atoms in total. The molecule has 0 saturated heterocycles. The largest absolute Gasteiger partial charge is 0.307 e. The Morgan fingerprint density at radius 3 is 2.50 bits per heavy atom. The summed E-state index contributed by atoms with van der Waals surface area (Å²) in [5, 5.41) is 3.40. The molecule has 2 rings (SSSR count). The standard InChI is InChI=1S/C15H21F2N/c1-10(12-5-3-4-6-12)18-11(2)14-9-13(16)7-8-15(14)17/h7-12,18H,3-6H2,1-2H3. The first kappa shape index (κ1) is 13.5. The van der Waals surface area contributed by atoms with E-state index in [0.29, 0.717) is 17.5 Å². The van der Waals surface area contributed by atoms with Gasteiger partial charge in [0.15, 0.2) is 0 Å². The molecule has 1 aliphatic carbocycles. The number of halogens is 2. The lowest BCUT2D eigenvalue weighted by atomic mass is 9.97. The van der Waals surface area contributed by atoms with Gasteiger partial charge in [-0.05, 0) is 50.8 Å². The smallest absolute Gasteiger partial charge is 0.128 e. The van der Waals surface area contributed by atoms with Gasteiger partial charge >= 0.3 is 0 Å². The van der Waals surface area contributed by atoms with Crippen molar-refractivity contribution >= 4 is 0 Å². The van der Waals surface area contributed by atoms with Gasteiger partial charge < -0.3 is 5.32 Å². The van der Waals surface area contributed by atoms with Crippen LogP contribution in [0.3, 0.4) is 0 Å². The van der Waals surface area contributed by atoms with Crippen LogP contribution in [0.15, 0.2) is 18.2 Å². The first-order valence-electron chi connectivity index (χ1n) is 6.79. The Hall–Kier alpha value is -0.960. The second kappa shape index (κ2) is 5.79. The highest BCUT2D eigenvalue weighted by atomic mass is 19.1. The van der Waals surface area contributed by atoms with Gasteiger partial charge in [-0.3, -0.25) is 0 Å². The molecule has 1 aromatic rings. The maximum atomic E-state index is 13.6. The van der Waals surface area contributed by atoms with Gasteiger partial charge in [0.1, 0.15) is 11.6 Å². The zero-order chi connectivity index (χ0) is 13.1. The van der Waals surface area contributed by atoms with E-state index in [9.17, 15) is 8.78 Å². The van der Waals surface area contributed by atoms with Gasteiger partial charge in [0.05, 0.1) is 0 Å². The number of rotatable bonds is 4. The molecule has 0 radical (unpaired) electrons. The zero-order valence-corrected chi connectivity index (χ0v) is 11.0. The Labute approximate surface area is 108 Å². The topological polar surface area (TPSA) is 12.0 Å². The van der Waals surface area contributed by atoms with Crippen LogP contribution in [-0.4, -0.2) is 6.04 Å². The summed E-state index contributed by atoms with van der Waals surface area (Å²) in [6.45, 7) is 4.03. The third-order valence-corrected chi connectivity index (χ3v) is 4.04. The monoisotopic (exact) mass is 253 g/mol. The van der Waals surface area contributed by atoms with Crippen molar-refractivity contribution in [1.82, 2.24) is 5.32 Å². The normalized spacial score (nSPS) is 20.0. The second-order valence-corrected chi connectivity index (χ2v) is 5.39.